The summed E-state index contributed by atoms with van der Waals surface area (Å²) >= 11 is 1.42. The zero-order valence-corrected chi connectivity index (χ0v) is 15.6. The van der Waals surface area contributed by atoms with E-state index in [0.29, 0.717) is 16.5 Å². The van der Waals surface area contributed by atoms with E-state index < -0.39 is 0 Å². The number of rotatable bonds is 7. The number of nitrogens with one attached hydrogen (secondary N) is 1. The van der Waals surface area contributed by atoms with E-state index in [1.165, 1.54) is 11.3 Å². The predicted molar refractivity (Wildman–Crippen MR) is 107 cm³/mol. The Morgan fingerprint density at radius 2 is 1.77 bits per heavy atom. The first-order valence-electron chi connectivity index (χ1n) is 8.53. The van der Waals surface area contributed by atoms with Gasteiger partial charge in [-0.15, -0.1) is 0 Å². The summed E-state index contributed by atoms with van der Waals surface area (Å²) in [4.78, 5) is 18.7. The van der Waals surface area contributed by atoms with Crippen molar-refractivity contribution in [3.63, 3.8) is 0 Å². The van der Waals surface area contributed by atoms with E-state index in [-0.39, 0.29) is 5.91 Å². The van der Waals surface area contributed by atoms with Gasteiger partial charge in [-0.25, -0.2) is 4.98 Å². The van der Waals surface area contributed by atoms with Gasteiger partial charge in [0.15, 0.2) is 0 Å². The molecule has 0 aliphatic heterocycles. The summed E-state index contributed by atoms with van der Waals surface area (Å²) in [7, 11) is 0. The van der Waals surface area contributed by atoms with Gasteiger partial charge in [-0.05, 0) is 62.4 Å². The number of carbonyl (C=O) groups is 1. The number of nitrogens with zero attached hydrogens (tertiary/aromatic N) is 2. The van der Waals surface area contributed by atoms with Crippen molar-refractivity contribution >= 4 is 28.6 Å². The van der Waals surface area contributed by atoms with Crippen molar-refractivity contribution in [2.45, 2.75) is 13.8 Å². The van der Waals surface area contributed by atoms with Crippen molar-refractivity contribution in [1.82, 2.24) is 4.98 Å². The van der Waals surface area contributed by atoms with Gasteiger partial charge in [0.2, 0.25) is 0 Å². The van der Waals surface area contributed by atoms with Gasteiger partial charge in [0.05, 0.1) is 0 Å². The number of benzene rings is 2. The van der Waals surface area contributed by atoms with Crippen LogP contribution in [0.1, 0.15) is 24.2 Å². The van der Waals surface area contributed by atoms with Crippen LogP contribution in [0.15, 0.2) is 60.1 Å². The van der Waals surface area contributed by atoms with E-state index >= 15 is 0 Å². The van der Waals surface area contributed by atoms with Crippen LogP contribution in [0.3, 0.4) is 0 Å². The third-order valence-corrected chi connectivity index (χ3v) is 4.63. The highest BCUT2D eigenvalue weighted by Gasteiger charge is 2.08. The fourth-order valence-corrected chi connectivity index (χ4v) is 3.09. The molecule has 2 aromatic carbocycles. The molecule has 26 heavy (non-hydrogen) atoms. The second-order valence-electron chi connectivity index (χ2n) is 5.60. The molecule has 134 valence electrons. The molecule has 5 nitrogen and oxygen atoms in total. The number of amides is 1. The molecule has 0 bridgehead atoms. The average Bonchev–Trinajstić information content (AvgIpc) is 3.18. The Bertz CT molecular complexity index is 827. The topological polar surface area (TPSA) is 54.5 Å². The van der Waals surface area contributed by atoms with E-state index in [9.17, 15) is 4.79 Å². The van der Waals surface area contributed by atoms with Crippen molar-refractivity contribution in [2.24, 2.45) is 0 Å². The highest BCUT2D eigenvalue weighted by molar-refractivity contribution is 7.11. The first-order valence-corrected chi connectivity index (χ1v) is 9.41. The Hall–Kier alpha value is -2.86. The Morgan fingerprint density at radius 1 is 1.08 bits per heavy atom. The van der Waals surface area contributed by atoms with Crippen molar-refractivity contribution in [3.05, 3.63) is 65.7 Å². The first-order chi connectivity index (χ1) is 12.7. The second-order valence-corrected chi connectivity index (χ2v) is 6.45. The summed E-state index contributed by atoms with van der Waals surface area (Å²) in [5, 5.41) is 5.35. The Balaban J connectivity index is 1.62. The fourth-order valence-electron chi connectivity index (χ4n) is 2.58. The maximum absolute atomic E-state index is 12.4. The molecular formula is C20H21N3O2S. The summed E-state index contributed by atoms with van der Waals surface area (Å²) in [5.41, 5.74) is 2.50. The van der Waals surface area contributed by atoms with Crippen LogP contribution in [0.5, 0.6) is 10.9 Å². The van der Waals surface area contributed by atoms with Gasteiger partial charge in [0.1, 0.15) is 5.75 Å². The van der Waals surface area contributed by atoms with Crippen LogP contribution in [0, 0.1) is 0 Å². The van der Waals surface area contributed by atoms with E-state index in [2.05, 4.69) is 29.0 Å². The monoisotopic (exact) mass is 367 g/mol. The van der Waals surface area contributed by atoms with Gasteiger partial charge in [0.25, 0.3) is 11.1 Å². The summed E-state index contributed by atoms with van der Waals surface area (Å²) < 4.78 is 5.60. The summed E-state index contributed by atoms with van der Waals surface area (Å²) in [5.74, 6) is 0.501. The molecule has 0 unspecified atom stereocenters. The summed E-state index contributed by atoms with van der Waals surface area (Å²) in [6.45, 7) is 6.16. The lowest BCUT2D eigenvalue weighted by Crippen LogP contribution is -2.21. The average molecular weight is 367 g/mol. The van der Waals surface area contributed by atoms with E-state index in [1.807, 2.05) is 29.6 Å². The number of hydrogen-bond acceptors (Lipinski definition) is 5. The van der Waals surface area contributed by atoms with Gasteiger partial charge in [0, 0.05) is 41.6 Å². The third-order valence-electron chi connectivity index (χ3n) is 3.99. The van der Waals surface area contributed by atoms with Gasteiger partial charge in [-0.1, -0.05) is 11.3 Å². The molecule has 0 saturated carbocycles. The van der Waals surface area contributed by atoms with E-state index in [1.54, 1.807) is 30.5 Å². The number of ether oxygens (including phenoxy) is 1. The minimum Gasteiger partial charge on any atom is -0.431 e. The van der Waals surface area contributed by atoms with Crippen LogP contribution in [0.4, 0.5) is 11.4 Å². The smallest absolute Gasteiger partial charge is 0.278 e. The van der Waals surface area contributed by atoms with Crippen molar-refractivity contribution in [3.8, 4) is 10.9 Å². The highest BCUT2D eigenvalue weighted by Crippen LogP contribution is 2.24. The van der Waals surface area contributed by atoms with Crippen molar-refractivity contribution in [1.29, 1.82) is 0 Å². The quantitative estimate of drug-likeness (QED) is 0.636. The van der Waals surface area contributed by atoms with Gasteiger partial charge in [-0.2, -0.15) is 0 Å². The molecule has 0 fully saturated rings. The molecule has 0 saturated heterocycles. The number of aromatic nitrogens is 1. The van der Waals surface area contributed by atoms with Gasteiger partial charge < -0.3 is 15.0 Å². The molecule has 1 N–H and O–H groups in total. The first kappa shape index (κ1) is 17.9. The highest BCUT2D eigenvalue weighted by atomic mass is 32.1. The molecule has 6 heteroatoms. The molecule has 0 spiro atoms. The Morgan fingerprint density at radius 3 is 2.35 bits per heavy atom. The molecule has 0 aliphatic rings. The fraction of sp³-hybridized carbons (Fsp3) is 0.200. The summed E-state index contributed by atoms with van der Waals surface area (Å²) in [6.07, 6.45) is 1.69. The standard InChI is InChI=1S/C20H21N3O2S/c1-3-23(4-2)17-9-7-16(8-10-17)22-19(24)15-5-11-18(12-6-15)25-20-21-13-14-26-20/h5-14H,3-4H2,1-2H3,(H,22,24). The molecule has 3 rings (SSSR count). The predicted octanol–water partition coefficient (Wildman–Crippen LogP) is 5.03. The number of carbonyl (C=O) groups excluding carboxylic acids is 1. The molecule has 1 heterocycles. The molecular weight excluding hydrogens is 346 g/mol. The third kappa shape index (κ3) is 4.40. The van der Waals surface area contributed by atoms with Crippen molar-refractivity contribution in [2.75, 3.05) is 23.3 Å². The Kier molecular flexibility index (Phi) is 5.86. The minimum atomic E-state index is -0.151. The van der Waals surface area contributed by atoms with Crippen molar-refractivity contribution < 1.29 is 9.53 Å². The lowest BCUT2D eigenvalue weighted by molar-refractivity contribution is 0.102. The maximum atomic E-state index is 12.4. The van der Waals surface area contributed by atoms with Gasteiger partial charge >= 0.3 is 0 Å². The zero-order chi connectivity index (χ0) is 18.4. The lowest BCUT2D eigenvalue weighted by Gasteiger charge is -2.21. The van der Waals surface area contributed by atoms with Crippen LogP contribution in [-0.2, 0) is 0 Å². The number of anilines is 2. The van der Waals surface area contributed by atoms with Crippen LogP contribution in [0.25, 0.3) is 0 Å². The molecule has 0 atom stereocenters. The van der Waals surface area contributed by atoms with Crippen LogP contribution >= 0.6 is 11.3 Å². The largest absolute Gasteiger partial charge is 0.431 e. The SMILES string of the molecule is CCN(CC)c1ccc(NC(=O)c2ccc(Oc3nccs3)cc2)cc1. The van der Waals surface area contributed by atoms with E-state index in [4.69, 9.17) is 4.74 Å². The zero-order valence-electron chi connectivity index (χ0n) is 14.8. The van der Waals surface area contributed by atoms with Gasteiger partial charge in [-0.3, -0.25) is 4.79 Å². The molecule has 1 amide bonds. The minimum absolute atomic E-state index is 0.151. The summed E-state index contributed by atoms with van der Waals surface area (Å²) in [6, 6.07) is 14.9. The van der Waals surface area contributed by atoms with Crippen LogP contribution in [0.2, 0.25) is 0 Å². The molecule has 1 aromatic heterocycles. The molecule has 0 aliphatic carbocycles. The Labute approximate surface area is 157 Å². The lowest BCUT2D eigenvalue weighted by atomic mass is 10.2. The van der Waals surface area contributed by atoms with E-state index in [0.717, 1.165) is 24.5 Å². The molecule has 0 radical (unpaired) electrons. The normalized spacial score (nSPS) is 10.4. The maximum Gasteiger partial charge on any atom is 0.278 e. The van der Waals surface area contributed by atoms with Crippen LogP contribution < -0.4 is 15.0 Å². The van der Waals surface area contributed by atoms with Crippen LogP contribution in [-0.4, -0.2) is 24.0 Å². The second kappa shape index (κ2) is 8.49. The number of hydrogen-bond donors (Lipinski definition) is 1. The molecule has 3 aromatic rings. The number of thiazole rings is 1.